The van der Waals surface area contributed by atoms with Gasteiger partial charge in [0.2, 0.25) is 5.95 Å². The maximum Gasteiger partial charge on any atom is 0.222 e. The summed E-state index contributed by atoms with van der Waals surface area (Å²) < 4.78 is 13.4. The quantitative estimate of drug-likeness (QED) is 0.647. The third-order valence-corrected chi connectivity index (χ3v) is 3.75. The van der Waals surface area contributed by atoms with Crippen LogP contribution in [-0.4, -0.2) is 32.7 Å². The number of nitrogen functional groups attached to an aromatic ring is 2. The van der Waals surface area contributed by atoms with E-state index in [1.54, 1.807) is 30.7 Å². The summed E-state index contributed by atoms with van der Waals surface area (Å²) in [6, 6.07) is 7.31. The highest BCUT2D eigenvalue weighted by atomic mass is 16.5. The number of rotatable bonds is 7. The summed E-state index contributed by atoms with van der Waals surface area (Å²) in [6.07, 6.45) is 5.30. The van der Waals surface area contributed by atoms with Gasteiger partial charge in [-0.2, -0.15) is 10.2 Å². The largest absolute Gasteiger partial charge is 0.490 e. The first-order valence-electron chi connectivity index (χ1n) is 8.31. The van der Waals surface area contributed by atoms with Crippen molar-refractivity contribution in [3.05, 3.63) is 42.5 Å². The molecule has 0 aliphatic carbocycles. The first-order chi connectivity index (χ1) is 13.1. The molecule has 4 N–H and O–H groups in total. The number of benzene rings is 1. The molecule has 27 heavy (non-hydrogen) atoms. The predicted molar refractivity (Wildman–Crippen MR) is 99.9 cm³/mol. The van der Waals surface area contributed by atoms with E-state index in [4.69, 9.17) is 20.9 Å². The molecule has 0 radical (unpaired) electrons. The van der Waals surface area contributed by atoms with Crippen molar-refractivity contribution < 1.29 is 9.47 Å². The second kappa shape index (κ2) is 8.05. The standard InChI is InChI=1S/C18H19N7O2/c1-2-26-15-9-12(16-13(10-19)17(20)24-18(21)23-16)3-4-14(15)27-8-7-25-6-5-22-11-25/h3-6,9,11H,2,7-8H2,1H3,(H4,20,21,23,24). The Morgan fingerprint density at radius 1 is 1.19 bits per heavy atom. The van der Waals surface area contributed by atoms with Crippen LogP contribution in [0.1, 0.15) is 12.5 Å². The number of nitrogens with two attached hydrogens (primary N) is 2. The van der Waals surface area contributed by atoms with Crippen molar-refractivity contribution in [2.24, 2.45) is 0 Å². The van der Waals surface area contributed by atoms with Crippen molar-refractivity contribution in [1.29, 1.82) is 5.26 Å². The van der Waals surface area contributed by atoms with Crippen molar-refractivity contribution in [3.63, 3.8) is 0 Å². The summed E-state index contributed by atoms with van der Waals surface area (Å²) in [5.41, 5.74) is 12.6. The van der Waals surface area contributed by atoms with Crippen LogP contribution in [0, 0.1) is 11.3 Å². The van der Waals surface area contributed by atoms with Gasteiger partial charge >= 0.3 is 0 Å². The molecular weight excluding hydrogens is 346 g/mol. The fraction of sp³-hybridized carbons (Fsp3) is 0.222. The van der Waals surface area contributed by atoms with Crippen LogP contribution in [-0.2, 0) is 6.54 Å². The Hall–Kier alpha value is -3.80. The minimum Gasteiger partial charge on any atom is -0.490 e. The number of imidazole rings is 1. The van der Waals surface area contributed by atoms with Crippen molar-refractivity contribution >= 4 is 11.8 Å². The van der Waals surface area contributed by atoms with E-state index in [1.165, 1.54) is 0 Å². The van der Waals surface area contributed by atoms with Crippen LogP contribution < -0.4 is 20.9 Å². The van der Waals surface area contributed by atoms with Crippen molar-refractivity contribution in [1.82, 2.24) is 19.5 Å². The molecule has 0 saturated carbocycles. The lowest BCUT2D eigenvalue weighted by atomic mass is 10.1. The maximum atomic E-state index is 9.37. The minimum atomic E-state index is 0.000110. The molecule has 9 nitrogen and oxygen atoms in total. The summed E-state index contributed by atoms with van der Waals surface area (Å²) >= 11 is 0. The Balaban J connectivity index is 1.88. The van der Waals surface area contributed by atoms with Crippen molar-refractivity contribution in [2.75, 3.05) is 24.7 Å². The minimum absolute atomic E-state index is 0.000110. The Morgan fingerprint density at radius 3 is 2.74 bits per heavy atom. The van der Waals surface area contributed by atoms with Crippen molar-refractivity contribution in [3.8, 4) is 28.8 Å². The molecule has 138 valence electrons. The first-order valence-corrected chi connectivity index (χ1v) is 8.31. The lowest BCUT2D eigenvalue weighted by molar-refractivity contribution is 0.266. The molecule has 0 aliphatic rings. The number of aromatic nitrogens is 4. The van der Waals surface area contributed by atoms with E-state index in [0.717, 1.165) is 0 Å². The van der Waals surface area contributed by atoms with E-state index < -0.39 is 0 Å². The zero-order chi connectivity index (χ0) is 19.2. The summed E-state index contributed by atoms with van der Waals surface area (Å²) in [5.74, 6) is 1.17. The van der Waals surface area contributed by atoms with Crippen LogP contribution in [0.15, 0.2) is 36.9 Å². The molecule has 0 saturated heterocycles. The summed E-state index contributed by atoms with van der Waals surface area (Å²) in [5, 5.41) is 9.37. The molecule has 0 bridgehead atoms. The lowest BCUT2D eigenvalue weighted by Gasteiger charge is -2.14. The van der Waals surface area contributed by atoms with Crippen LogP contribution in [0.2, 0.25) is 0 Å². The first kappa shape index (κ1) is 18.0. The maximum absolute atomic E-state index is 9.37. The van der Waals surface area contributed by atoms with Gasteiger partial charge in [-0.3, -0.25) is 0 Å². The van der Waals surface area contributed by atoms with Gasteiger partial charge in [-0.15, -0.1) is 0 Å². The van der Waals surface area contributed by atoms with Gasteiger partial charge in [0.15, 0.2) is 11.5 Å². The van der Waals surface area contributed by atoms with Crippen LogP contribution in [0.4, 0.5) is 11.8 Å². The topological polar surface area (TPSA) is 138 Å². The molecule has 0 amide bonds. The highest BCUT2D eigenvalue weighted by molar-refractivity contribution is 5.74. The molecule has 0 aliphatic heterocycles. The van der Waals surface area contributed by atoms with Gasteiger partial charge in [-0.05, 0) is 25.1 Å². The zero-order valence-electron chi connectivity index (χ0n) is 14.8. The monoisotopic (exact) mass is 365 g/mol. The molecule has 3 aromatic rings. The second-order valence-electron chi connectivity index (χ2n) is 5.55. The van der Waals surface area contributed by atoms with E-state index >= 15 is 0 Å². The van der Waals surface area contributed by atoms with Gasteiger partial charge in [0.25, 0.3) is 0 Å². The van der Waals surface area contributed by atoms with Gasteiger partial charge in [0, 0.05) is 18.0 Å². The third-order valence-electron chi connectivity index (χ3n) is 3.75. The Labute approximate surface area is 156 Å². The highest BCUT2D eigenvalue weighted by Crippen LogP contribution is 2.34. The van der Waals surface area contributed by atoms with Gasteiger partial charge in [0.05, 0.1) is 25.2 Å². The number of nitriles is 1. The van der Waals surface area contributed by atoms with E-state index in [2.05, 4.69) is 15.0 Å². The molecule has 3 rings (SSSR count). The SMILES string of the molecule is CCOc1cc(-c2nc(N)nc(N)c2C#N)ccc1OCCn1ccnc1. The summed E-state index contributed by atoms with van der Waals surface area (Å²) in [6.45, 7) is 3.45. The Morgan fingerprint density at radius 2 is 2.04 bits per heavy atom. The number of hydrogen-bond donors (Lipinski definition) is 2. The van der Waals surface area contributed by atoms with E-state index in [1.807, 2.05) is 23.8 Å². The molecule has 0 unspecified atom stereocenters. The second-order valence-corrected chi connectivity index (χ2v) is 5.55. The highest BCUT2D eigenvalue weighted by Gasteiger charge is 2.16. The summed E-state index contributed by atoms with van der Waals surface area (Å²) in [4.78, 5) is 12.0. The van der Waals surface area contributed by atoms with Gasteiger partial charge < -0.3 is 25.5 Å². The number of nitrogens with zero attached hydrogens (tertiary/aromatic N) is 5. The number of ether oxygens (including phenoxy) is 2. The summed E-state index contributed by atoms with van der Waals surface area (Å²) in [7, 11) is 0. The van der Waals surface area contributed by atoms with E-state index in [0.29, 0.717) is 42.5 Å². The molecular formula is C18H19N7O2. The van der Waals surface area contributed by atoms with Crippen LogP contribution in [0.5, 0.6) is 11.5 Å². The average molecular weight is 365 g/mol. The van der Waals surface area contributed by atoms with E-state index in [9.17, 15) is 5.26 Å². The molecule has 0 spiro atoms. The molecule has 1 aromatic carbocycles. The normalized spacial score (nSPS) is 10.4. The van der Waals surface area contributed by atoms with Gasteiger partial charge in [-0.25, -0.2) is 9.97 Å². The fourth-order valence-corrected chi connectivity index (χ4v) is 2.54. The van der Waals surface area contributed by atoms with Crippen LogP contribution >= 0.6 is 0 Å². The molecule has 0 fully saturated rings. The molecule has 2 aromatic heterocycles. The van der Waals surface area contributed by atoms with E-state index in [-0.39, 0.29) is 17.3 Å². The number of hydrogen-bond acceptors (Lipinski definition) is 8. The van der Waals surface area contributed by atoms with Crippen LogP contribution in [0.25, 0.3) is 11.3 Å². The Bertz CT molecular complexity index is 965. The lowest BCUT2D eigenvalue weighted by Crippen LogP contribution is -2.08. The third kappa shape index (κ3) is 4.07. The average Bonchev–Trinajstić information content (AvgIpc) is 3.16. The molecule has 9 heteroatoms. The predicted octanol–water partition coefficient (Wildman–Crippen LogP) is 1.85. The van der Waals surface area contributed by atoms with Crippen LogP contribution in [0.3, 0.4) is 0 Å². The fourth-order valence-electron chi connectivity index (χ4n) is 2.54. The molecule has 2 heterocycles. The molecule has 0 atom stereocenters. The van der Waals surface area contributed by atoms with Gasteiger partial charge in [-0.1, -0.05) is 0 Å². The number of anilines is 2. The Kier molecular flexibility index (Phi) is 5.37. The smallest absolute Gasteiger partial charge is 0.222 e. The zero-order valence-corrected chi connectivity index (χ0v) is 14.8. The van der Waals surface area contributed by atoms with Crippen molar-refractivity contribution in [2.45, 2.75) is 13.5 Å². The van der Waals surface area contributed by atoms with Gasteiger partial charge in [0.1, 0.15) is 24.1 Å².